The van der Waals surface area contributed by atoms with Crippen molar-refractivity contribution >= 4 is 23.1 Å². The average Bonchev–Trinajstić information content (AvgIpc) is 3.08. The van der Waals surface area contributed by atoms with Gasteiger partial charge >= 0.3 is 0 Å². The fourth-order valence-corrected chi connectivity index (χ4v) is 4.87. The first kappa shape index (κ1) is 21.0. The number of hydrogen-bond donors (Lipinski definition) is 0. The van der Waals surface area contributed by atoms with E-state index in [1.807, 2.05) is 73.3 Å². The minimum Gasteiger partial charge on any atom is -0.496 e. The molecule has 5 heteroatoms. The molecule has 0 fully saturated rings. The maximum Gasteiger partial charge on any atom is 0.282 e. The van der Waals surface area contributed by atoms with Crippen molar-refractivity contribution in [1.82, 2.24) is 4.90 Å². The zero-order valence-corrected chi connectivity index (χ0v) is 19.1. The number of imide groups is 1. The molecule has 2 heterocycles. The Bertz CT molecular complexity index is 1310. The van der Waals surface area contributed by atoms with Gasteiger partial charge in [0.1, 0.15) is 11.4 Å². The van der Waals surface area contributed by atoms with E-state index in [1.54, 1.807) is 7.11 Å². The number of methoxy groups -OCH3 is 1. The van der Waals surface area contributed by atoms with Crippen LogP contribution in [0.15, 0.2) is 72.4 Å². The summed E-state index contributed by atoms with van der Waals surface area (Å²) >= 11 is 0. The van der Waals surface area contributed by atoms with E-state index >= 15 is 0 Å². The Hall–Kier alpha value is -3.86. The van der Waals surface area contributed by atoms with Gasteiger partial charge in [0, 0.05) is 18.7 Å². The van der Waals surface area contributed by atoms with E-state index in [2.05, 4.69) is 12.1 Å². The second kappa shape index (κ2) is 8.24. The number of benzene rings is 3. The Morgan fingerprint density at radius 3 is 2.33 bits per heavy atom. The van der Waals surface area contributed by atoms with Crippen molar-refractivity contribution < 1.29 is 14.3 Å². The van der Waals surface area contributed by atoms with Gasteiger partial charge in [0.25, 0.3) is 11.8 Å². The number of carbonyl (C=O) groups is 2. The predicted octanol–water partition coefficient (Wildman–Crippen LogP) is 4.65. The van der Waals surface area contributed by atoms with Gasteiger partial charge in [-0.15, -0.1) is 0 Å². The van der Waals surface area contributed by atoms with Crippen molar-refractivity contribution in [3.05, 3.63) is 100 Å². The summed E-state index contributed by atoms with van der Waals surface area (Å²) in [5.74, 6) is -0.0245. The molecule has 3 aromatic rings. The summed E-state index contributed by atoms with van der Waals surface area (Å²) in [5.41, 5.74) is 6.55. The molecule has 0 aromatic heterocycles. The number of carbonyl (C=O) groups excluding carboxylic acids is 2. The van der Waals surface area contributed by atoms with Crippen molar-refractivity contribution in [2.24, 2.45) is 0 Å². The van der Waals surface area contributed by atoms with Gasteiger partial charge in [0.2, 0.25) is 0 Å². The molecule has 33 heavy (non-hydrogen) atoms. The lowest BCUT2D eigenvalue weighted by Gasteiger charge is -2.31. The lowest BCUT2D eigenvalue weighted by atomic mass is 9.97. The van der Waals surface area contributed by atoms with Crippen LogP contribution in [0.3, 0.4) is 0 Å². The van der Waals surface area contributed by atoms with E-state index in [9.17, 15) is 9.59 Å². The molecule has 166 valence electrons. The molecule has 0 spiro atoms. The van der Waals surface area contributed by atoms with Crippen molar-refractivity contribution in [3.63, 3.8) is 0 Å². The summed E-state index contributed by atoms with van der Waals surface area (Å²) < 4.78 is 5.58. The first-order valence-electron chi connectivity index (χ1n) is 11.1. The molecule has 0 radical (unpaired) electrons. The van der Waals surface area contributed by atoms with Gasteiger partial charge in [-0.2, -0.15) is 0 Å². The van der Waals surface area contributed by atoms with E-state index in [4.69, 9.17) is 4.74 Å². The lowest BCUT2D eigenvalue weighted by Crippen LogP contribution is -2.37. The van der Waals surface area contributed by atoms with E-state index in [1.165, 1.54) is 16.0 Å². The lowest BCUT2D eigenvalue weighted by molar-refractivity contribution is -0.120. The zero-order valence-electron chi connectivity index (χ0n) is 19.1. The van der Waals surface area contributed by atoms with Crippen LogP contribution in [-0.2, 0) is 22.6 Å². The summed E-state index contributed by atoms with van der Waals surface area (Å²) in [6.45, 7) is 5.19. The van der Waals surface area contributed by atoms with Crippen LogP contribution in [0.5, 0.6) is 5.75 Å². The summed E-state index contributed by atoms with van der Waals surface area (Å²) in [6, 6.07) is 21.5. The van der Waals surface area contributed by atoms with Crippen molar-refractivity contribution in [2.45, 2.75) is 26.8 Å². The molecular weight excluding hydrogens is 412 g/mol. The van der Waals surface area contributed by atoms with Crippen LogP contribution in [0, 0.1) is 13.8 Å². The second-order valence-electron chi connectivity index (χ2n) is 8.60. The highest BCUT2D eigenvalue weighted by molar-refractivity contribution is 6.45. The third-order valence-electron chi connectivity index (χ3n) is 6.48. The van der Waals surface area contributed by atoms with Gasteiger partial charge < -0.3 is 9.64 Å². The molecule has 0 N–H and O–H groups in total. The molecule has 3 aromatic carbocycles. The van der Waals surface area contributed by atoms with E-state index in [0.29, 0.717) is 41.4 Å². The van der Waals surface area contributed by atoms with E-state index in [-0.39, 0.29) is 11.8 Å². The topological polar surface area (TPSA) is 49.9 Å². The summed E-state index contributed by atoms with van der Waals surface area (Å²) in [4.78, 5) is 31.2. The predicted molar refractivity (Wildman–Crippen MR) is 129 cm³/mol. The third-order valence-corrected chi connectivity index (χ3v) is 6.48. The Kier molecular flexibility index (Phi) is 5.25. The number of para-hydroxylation sites is 1. The molecule has 0 atom stereocenters. The molecule has 0 bridgehead atoms. The third kappa shape index (κ3) is 3.50. The number of hydrogen-bond acceptors (Lipinski definition) is 4. The quantitative estimate of drug-likeness (QED) is 0.556. The zero-order chi connectivity index (χ0) is 23.1. The number of fused-ring (bicyclic) bond motifs is 1. The van der Waals surface area contributed by atoms with Gasteiger partial charge in [-0.05, 0) is 49.1 Å². The normalized spacial score (nSPS) is 15.8. The van der Waals surface area contributed by atoms with Gasteiger partial charge in [0.15, 0.2) is 0 Å². The minimum absolute atomic E-state index is 0.285. The monoisotopic (exact) mass is 438 g/mol. The van der Waals surface area contributed by atoms with Gasteiger partial charge in [0.05, 0.1) is 18.4 Å². The molecule has 0 aliphatic carbocycles. The summed E-state index contributed by atoms with van der Waals surface area (Å²) in [7, 11) is 1.58. The molecule has 2 amide bonds. The summed E-state index contributed by atoms with van der Waals surface area (Å²) in [6.07, 6.45) is 0.823. The van der Waals surface area contributed by atoms with Crippen LogP contribution in [0.25, 0.3) is 5.57 Å². The highest BCUT2D eigenvalue weighted by atomic mass is 16.5. The number of nitrogens with zero attached hydrogens (tertiary/aromatic N) is 2. The Balaban J connectivity index is 1.67. The second-order valence-corrected chi connectivity index (χ2v) is 8.60. The minimum atomic E-state index is -0.315. The first-order chi connectivity index (χ1) is 16.0. The fraction of sp³-hybridized carbons (Fsp3) is 0.214. The number of rotatable bonds is 4. The van der Waals surface area contributed by atoms with E-state index in [0.717, 1.165) is 17.5 Å². The van der Waals surface area contributed by atoms with Crippen molar-refractivity contribution in [1.29, 1.82) is 0 Å². The molecule has 5 rings (SSSR count). The Labute approximate surface area is 193 Å². The SMILES string of the molecule is COc1ccccc1C1=C(N2CCc3ccccc3C2)C(=O)N(c2ccc(C)cc2C)C1=O. The van der Waals surface area contributed by atoms with Gasteiger partial charge in [-0.25, -0.2) is 4.90 Å². The van der Waals surface area contributed by atoms with Gasteiger partial charge in [-0.1, -0.05) is 60.2 Å². The van der Waals surface area contributed by atoms with Crippen LogP contribution < -0.4 is 9.64 Å². The van der Waals surface area contributed by atoms with Gasteiger partial charge in [-0.3, -0.25) is 9.59 Å². The van der Waals surface area contributed by atoms with Crippen molar-refractivity contribution in [3.8, 4) is 5.75 Å². The van der Waals surface area contributed by atoms with Crippen LogP contribution in [0.2, 0.25) is 0 Å². The molecular formula is C28H26N2O3. The molecule has 5 nitrogen and oxygen atoms in total. The van der Waals surface area contributed by atoms with Crippen LogP contribution in [0.4, 0.5) is 5.69 Å². The molecule has 0 saturated carbocycles. The largest absolute Gasteiger partial charge is 0.496 e. The first-order valence-corrected chi connectivity index (χ1v) is 11.1. The molecule has 0 unspecified atom stereocenters. The van der Waals surface area contributed by atoms with Crippen LogP contribution >= 0.6 is 0 Å². The highest BCUT2D eigenvalue weighted by Gasteiger charge is 2.44. The highest BCUT2D eigenvalue weighted by Crippen LogP contribution is 2.40. The standard InChI is InChI=1S/C28H26N2O3/c1-18-12-13-23(19(2)16-18)30-27(31)25(22-10-6-7-11-24(22)33-3)26(28(30)32)29-15-14-20-8-4-5-9-21(20)17-29/h4-13,16H,14-15,17H2,1-3H3. The number of anilines is 1. The number of amides is 2. The Morgan fingerprint density at radius 2 is 1.58 bits per heavy atom. The number of ether oxygens (including phenoxy) is 1. The Morgan fingerprint density at radius 1 is 0.848 bits per heavy atom. The van der Waals surface area contributed by atoms with Crippen molar-refractivity contribution in [2.75, 3.05) is 18.6 Å². The molecule has 2 aliphatic heterocycles. The maximum atomic E-state index is 13.9. The summed E-state index contributed by atoms with van der Waals surface area (Å²) in [5, 5.41) is 0. The molecule has 0 saturated heterocycles. The van der Waals surface area contributed by atoms with Crippen LogP contribution in [-0.4, -0.2) is 30.4 Å². The molecule has 2 aliphatic rings. The smallest absolute Gasteiger partial charge is 0.282 e. The fourth-order valence-electron chi connectivity index (χ4n) is 4.87. The maximum absolute atomic E-state index is 13.9. The van der Waals surface area contributed by atoms with E-state index < -0.39 is 0 Å². The average molecular weight is 439 g/mol. The van der Waals surface area contributed by atoms with Crippen LogP contribution in [0.1, 0.15) is 27.8 Å². The number of aryl methyl sites for hydroxylation is 2.